The molecule has 4 nitrogen and oxygen atoms in total. The maximum absolute atomic E-state index is 13.9. The van der Waals surface area contributed by atoms with Crippen LogP contribution < -0.4 is 11.3 Å². The van der Waals surface area contributed by atoms with E-state index in [-0.39, 0.29) is 5.56 Å². The number of hydrazine groups is 1. The number of carbonyl (C=O) groups excluding carboxylic acids is 1. The minimum absolute atomic E-state index is 0.172. The zero-order valence-corrected chi connectivity index (χ0v) is 14.2. The highest BCUT2D eigenvalue weighted by molar-refractivity contribution is 6.35. The van der Waals surface area contributed by atoms with Crippen molar-refractivity contribution in [1.29, 1.82) is 0 Å². The lowest BCUT2D eigenvalue weighted by Gasteiger charge is -2.11. The Morgan fingerprint density at radius 3 is 2.71 bits per heavy atom. The quantitative estimate of drug-likeness (QED) is 0.417. The summed E-state index contributed by atoms with van der Waals surface area (Å²) in [5, 5.41) is 1.72. The maximum atomic E-state index is 13.9. The van der Waals surface area contributed by atoms with Crippen molar-refractivity contribution in [2.24, 2.45) is 5.84 Å². The van der Waals surface area contributed by atoms with Crippen LogP contribution in [0.5, 0.6) is 0 Å². The number of benzene rings is 2. The van der Waals surface area contributed by atoms with Crippen LogP contribution in [0.4, 0.5) is 4.39 Å². The minimum atomic E-state index is -0.555. The fourth-order valence-electron chi connectivity index (χ4n) is 2.79. The molecule has 0 aliphatic carbocycles. The van der Waals surface area contributed by atoms with E-state index in [2.05, 4.69) is 5.43 Å². The predicted octanol–water partition coefficient (Wildman–Crippen LogP) is 4.05. The third kappa shape index (κ3) is 2.98. The summed E-state index contributed by atoms with van der Waals surface area (Å²) in [6.07, 6.45) is 1.85. The van der Waals surface area contributed by atoms with Crippen LogP contribution in [0, 0.1) is 12.7 Å². The summed E-state index contributed by atoms with van der Waals surface area (Å²) in [4.78, 5) is 12.0. The first kappa shape index (κ1) is 16.8. The number of nitrogen functional groups attached to an aromatic ring is 1. The second-order valence-corrected chi connectivity index (χ2v) is 6.34. The van der Waals surface area contributed by atoms with Crippen LogP contribution in [0.25, 0.3) is 10.9 Å². The first-order valence-corrected chi connectivity index (χ1v) is 7.90. The van der Waals surface area contributed by atoms with Gasteiger partial charge < -0.3 is 4.57 Å². The number of nitrogens with two attached hydrogens (primary N) is 1. The number of aryl methyl sites for hydroxylation is 1. The van der Waals surface area contributed by atoms with Crippen molar-refractivity contribution in [1.82, 2.24) is 9.99 Å². The third-order valence-electron chi connectivity index (χ3n) is 3.87. The van der Waals surface area contributed by atoms with Gasteiger partial charge >= 0.3 is 0 Å². The van der Waals surface area contributed by atoms with Gasteiger partial charge in [-0.05, 0) is 42.3 Å². The molecule has 7 heteroatoms. The molecule has 3 N–H and O–H groups in total. The number of halogens is 3. The first-order valence-electron chi connectivity index (χ1n) is 7.14. The summed E-state index contributed by atoms with van der Waals surface area (Å²) in [5.74, 6) is 4.18. The van der Waals surface area contributed by atoms with E-state index in [0.29, 0.717) is 27.5 Å². The van der Waals surface area contributed by atoms with Crippen LogP contribution in [0.1, 0.15) is 21.5 Å². The van der Waals surface area contributed by atoms with Crippen molar-refractivity contribution in [3.8, 4) is 0 Å². The van der Waals surface area contributed by atoms with Gasteiger partial charge in [-0.2, -0.15) is 0 Å². The van der Waals surface area contributed by atoms with Crippen molar-refractivity contribution in [2.45, 2.75) is 13.5 Å². The van der Waals surface area contributed by atoms with Gasteiger partial charge in [0.25, 0.3) is 5.91 Å². The number of nitrogens with one attached hydrogen (secondary N) is 1. The number of carbonyl (C=O) groups is 1. The molecule has 0 radical (unpaired) electrons. The molecule has 0 aliphatic rings. The summed E-state index contributed by atoms with van der Waals surface area (Å²) in [5.41, 5.74) is 4.51. The van der Waals surface area contributed by atoms with E-state index in [1.165, 1.54) is 12.1 Å². The lowest BCUT2D eigenvalue weighted by atomic mass is 10.1. The molecule has 0 bridgehead atoms. The van der Waals surface area contributed by atoms with E-state index in [4.69, 9.17) is 29.0 Å². The average molecular weight is 366 g/mol. The fourth-order valence-corrected chi connectivity index (χ4v) is 3.25. The van der Waals surface area contributed by atoms with Crippen LogP contribution >= 0.6 is 23.2 Å². The van der Waals surface area contributed by atoms with Gasteiger partial charge in [-0.15, -0.1) is 0 Å². The second-order valence-electron chi connectivity index (χ2n) is 5.50. The summed E-state index contributed by atoms with van der Waals surface area (Å²) in [7, 11) is 0. The van der Waals surface area contributed by atoms with Crippen molar-refractivity contribution in [2.75, 3.05) is 0 Å². The maximum Gasteiger partial charge on any atom is 0.267 e. The van der Waals surface area contributed by atoms with Crippen molar-refractivity contribution >= 4 is 40.0 Å². The standard InChI is InChI=1S/C17H14Cl2FN3O/c1-9-7-23(8-10-2-3-11(18)4-15(10)19)16-13(9)5-12(20)6-14(16)17(24)22-21/h2-7H,8,21H2,1H3,(H,22,24). The Balaban J connectivity index is 2.19. The molecule has 3 rings (SSSR count). The van der Waals surface area contributed by atoms with Gasteiger partial charge in [0.05, 0.1) is 11.1 Å². The van der Waals surface area contributed by atoms with E-state index in [0.717, 1.165) is 11.1 Å². The van der Waals surface area contributed by atoms with E-state index in [1.807, 2.05) is 23.8 Å². The summed E-state index contributed by atoms with van der Waals surface area (Å²) in [6.45, 7) is 2.27. The van der Waals surface area contributed by atoms with Gasteiger partial charge in [0.15, 0.2) is 0 Å². The van der Waals surface area contributed by atoms with E-state index < -0.39 is 11.7 Å². The average Bonchev–Trinajstić information content (AvgIpc) is 2.84. The molecule has 124 valence electrons. The normalized spacial score (nSPS) is 11.0. The molecular formula is C17H14Cl2FN3O. The lowest BCUT2D eigenvalue weighted by Crippen LogP contribution is -2.30. The van der Waals surface area contributed by atoms with Gasteiger partial charge in [-0.3, -0.25) is 10.2 Å². The minimum Gasteiger partial charge on any atom is -0.342 e. The Hall–Kier alpha value is -2.08. The fraction of sp³-hybridized carbons (Fsp3) is 0.118. The number of fused-ring (bicyclic) bond motifs is 1. The number of aromatic nitrogens is 1. The molecule has 24 heavy (non-hydrogen) atoms. The van der Waals surface area contributed by atoms with Crippen LogP contribution in [0.2, 0.25) is 10.0 Å². The van der Waals surface area contributed by atoms with Crippen molar-refractivity contribution < 1.29 is 9.18 Å². The second kappa shape index (κ2) is 6.43. The van der Waals surface area contributed by atoms with Gasteiger partial charge in [0, 0.05) is 28.2 Å². The number of hydrogen-bond donors (Lipinski definition) is 2. The number of rotatable bonds is 3. The molecule has 0 unspecified atom stereocenters. The molecule has 0 aliphatic heterocycles. The SMILES string of the molecule is Cc1cn(Cc2ccc(Cl)cc2Cl)c2c(C(=O)NN)cc(F)cc12. The van der Waals surface area contributed by atoms with Gasteiger partial charge in [-0.25, -0.2) is 10.2 Å². The molecule has 0 fully saturated rings. The predicted molar refractivity (Wildman–Crippen MR) is 93.9 cm³/mol. The lowest BCUT2D eigenvalue weighted by molar-refractivity contribution is 0.0954. The summed E-state index contributed by atoms with van der Waals surface area (Å²) in [6, 6.07) is 7.79. The van der Waals surface area contributed by atoms with Gasteiger partial charge in [0.1, 0.15) is 5.82 Å². The molecular weight excluding hydrogens is 352 g/mol. The van der Waals surface area contributed by atoms with Crippen LogP contribution in [0.15, 0.2) is 36.5 Å². The first-order chi connectivity index (χ1) is 11.4. The zero-order chi connectivity index (χ0) is 17.4. The highest BCUT2D eigenvalue weighted by atomic mass is 35.5. The number of nitrogens with zero attached hydrogens (tertiary/aromatic N) is 1. The summed E-state index contributed by atoms with van der Waals surface area (Å²) < 4.78 is 15.7. The van der Waals surface area contributed by atoms with Crippen LogP contribution in [-0.2, 0) is 6.54 Å². The molecule has 1 aromatic heterocycles. The molecule has 0 spiro atoms. The number of amides is 1. The van der Waals surface area contributed by atoms with Crippen LogP contribution in [0.3, 0.4) is 0 Å². The molecule has 1 heterocycles. The summed E-state index contributed by atoms with van der Waals surface area (Å²) >= 11 is 12.2. The van der Waals surface area contributed by atoms with Crippen molar-refractivity contribution in [3.63, 3.8) is 0 Å². The largest absolute Gasteiger partial charge is 0.342 e. The molecule has 0 saturated carbocycles. The highest BCUT2D eigenvalue weighted by Gasteiger charge is 2.17. The smallest absolute Gasteiger partial charge is 0.267 e. The Kier molecular flexibility index (Phi) is 4.49. The molecule has 0 atom stereocenters. The highest BCUT2D eigenvalue weighted by Crippen LogP contribution is 2.29. The Morgan fingerprint density at radius 1 is 1.29 bits per heavy atom. The third-order valence-corrected chi connectivity index (χ3v) is 4.45. The van der Waals surface area contributed by atoms with E-state index in [1.54, 1.807) is 12.1 Å². The van der Waals surface area contributed by atoms with Gasteiger partial charge in [-0.1, -0.05) is 29.3 Å². The monoisotopic (exact) mass is 365 g/mol. The van der Waals surface area contributed by atoms with E-state index in [9.17, 15) is 9.18 Å². The molecule has 3 aromatic rings. The van der Waals surface area contributed by atoms with Crippen molar-refractivity contribution in [3.05, 3.63) is 69.1 Å². The Bertz CT molecular complexity index is 953. The van der Waals surface area contributed by atoms with Gasteiger partial charge in [0.2, 0.25) is 0 Å². The molecule has 1 amide bonds. The van der Waals surface area contributed by atoms with Crippen LogP contribution in [-0.4, -0.2) is 10.5 Å². The number of hydrogen-bond acceptors (Lipinski definition) is 2. The zero-order valence-electron chi connectivity index (χ0n) is 12.7. The Labute approximate surface area is 147 Å². The molecule has 2 aromatic carbocycles. The Morgan fingerprint density at radius 2 is 2.04 bits per heavy atom. The molecule has 0 saturated heterocycles. The topological polar surface area (TPSA) is 60.0 Å². The van der Waals surface area contributed by atoms with E-state index >= 15 is 0 Å².